The van der Waals surface area contributed by atoms with Crippen LogP contribution in [0.5, 0.6) is 5.75 Å². The lowest BCUT2D eigenvalue weighted by molar-refractivity contribution is -0.143. The zero-order valence-electron chi connectivity index (χ0n) is 22.1. The van der Waals surface area contributed by atoms with Crippen molar-refractivity contribution in [3.05, 3.63) is 125 Å². The van der Waals surface area contributed by atoms with Crippen molar-refractivity contribution in [1.29, 1.82) is 0 Å². The van der Waals surface area contributed by atoms with Gasteiger partial charge in [-0.3, -0.25) is 0 Å². The van der Waals surface area contributed by atoms with Crippen molar-refractivity contribution >= 4 is 12.1 Å². The van der Waals surface area contributed by atoms with Gasteiger partial charge in [-0.05, 0) is 58.0 Å². The highest BCUT2D eigenvalue weighted by molar-refractivity contribution is 5.82. The number of aryl methyl sites for hydroxylation is 1. The second kappa shape index (κ2) is 11.9. The molecule has 198 valence electrons. The average Bonchev–Trinajstić information content (AvgIpc) is 3.29. The van der Waals surface area contributed by atoms with Crippen molar-refractivity contribution in [2.24, 2.45) is 0 Å². The number of nitrogens with one attached hydrogen (secondary N) is 1. The van der Waals surface area contributed by atoms with E-state index < -0.39 is 18.1 Å². The summed E-state index contributed by atoms with van der Waals surface area (Å²) < 4.78 is 16.5. The number of amides is 1. The number of esters is 1. The Kier molecular flexibility index (Phi) is 7.92. The Morgan fingerprint density at radius 1 is 0.846 bits per heavy atom. The van der Waals surface area contributed by atoms with Gasteiger partial charge < -0.3 is 19.5 Å². The van der Waals surface area contributed by atoms with Crippen LogP contribution >= 0.6 is 0 Å². The molecule has 0 heterocycles. The fourth-order valence-electron chi connectivity index (χ4n) is 5.07. The van der Waals surface area contributed by atoms with Gasteiger partial charge >= 0.3 is 12.1 Å². The lowest BCUT2D eigenvalue weighted by atomic mass is 9.98. The van der Waals surface area contributed by atoms with Crippen LogP contribution < -0.4 is 10.1 Å². The molecule has 0 saturated heterocycles. The molecule has 1 aliphatic rings. The molecule has 0 saturated carbocycles. The van der Waals surface area contributed by atoms with E-state index in [1.807, 2.05) is 79.7 Å². The summed E-state index contributed by atoms with van der Waals surface area (Å²) in [6.07, 6.45) is -0.394. The molecule has 0 aromatic heterocycles. The van der Waals surface area contributed by atoms with Crippen LogP contribution in [-0.4, -0.2) is 31.8 Å². The molecule has 6 nitrogen and oxygen atoms in total. The van der Waals surface area contributed by atoms with Gasteiger partial charge in [0.15, 0.2) is 0 Å². The molecule has 39 heavy (non-hydrogen) atoms. The first-order valence-corrected chi connectivity index (χ1v) is 13.0. The summed E-state index contributed by atoms with van der Waals surface area (Å²) >= 11 is 0. The Hall–Kier alpha value is -4.58. The number of alkyl carbamates (subject to hydrolysis) is 1. The van der Waals surface area contributed by atoms with Gasteiger partial charge in [0, 0.05) is 12.3 Å². The Balaban J connectivity index is 1.22. The van der Waals surface area contributed by atoms with Gasteiger partial charge in [-0.1, -0.05) is 84.9 Å². The van der Waals surface area contributed by atoms with Crippen molar-refractivity contribution in [2.75, 3.05) is 13.7 Å². The minimum absolute atomic E-state index is 0.0644. The quantitative estimate of drug-likeness (QED) is 0.266. The lowest BCUT2D eigenvalue weighted by Crippen LogP contribution is -2.43. The molecule has 4 aromatic carbocycles. The SMILES string of the molecule is COC(=O)[C@H](Cc1ccc(OCc2ccccc2)cc1C)NC(=O)OCC1c2ccccc2-c2ccccc21. The minimum atomic E-state index is -0.888. The summed E-state index contributed by atoms with van der Waals surface area (Å²) in [6.45, 7) is 2.58. The molecule has 0 radical (unpaired) electrons. The molecule has 0 bridgehead atoms. The van der Waals surface area contributed by atoms with Gasteiger partial charge in [-0.15, -0.1) is 0 Å². The maximum absolute atomic E-state index is 12.8. The predicted molar refractivity (Wildman–Crippen MR) is 150 cm³/mol. The monoisotopic (exact) mass is 521 g/mol. The Bertz CT molecular complexity index is 1420. The third-order valence-corrected chi connectivity index (χ3v) is 7.11. The second-order valence-electron chi connectivity index (χ2n) is 9.61. The van der Waals surface area contributed by atoms with Crippen molar-refractivity contribution < 1.29 is 23.8 Å². The smallest absolute Gasteiger partial charge is 0.407 e. The van der Waals surface area contributed by atoms with Crippen LogP contribution in [0.3, 0.4) is 0 Å². The fourth-order valence-corrected chi connectivity index (χ4v) is 5.07. The topological polar surface area (TPSA) is 73.9 Å². The normalized spacial score (nSPS) is 12.7. The first-order chi connectivity index (χ1) is 19.0. The van der Waals surface area contributed by atoms with E-state index in [1.54, 1.807) is 0 Å². The predicted octanol–water partition coefficient (Wildman–Crippen LogP) is 6.20. The molecule has 1 atom stereocenters. The minimum Gasteiger partial charge on any atom is -0.489 e. The summed E-state index contributed by atoms with van der Waals surface area (Å²) in [5.74, 6) is 0.136. The Morgan fingerprint density at radius 3 is 2.13 bits per heavy atom. The van der Waals surface area contributed by atoms with Crippen molar-refractivity contribution in [3.8, 4) is 16.9 Å². The standard InChI is InChI=1S/C33H31NO5/c1-22-18-25(38-20-23-10-4-3-5-11-23)17-16-24(22)19-31(32(35)37-2)34-33(36)39-21-30-28-14-8-6-12-26(28)27-13-7-9-15-29(27)30/h3-18,30-31H,19-21H2,1-2H3,(H,34,36)/t31-/m0/s1. The van der Waals surface area contributed by atoms with E-state index in [4.69, 9.17) is 14.2 Å². The van der Waals surface area contributed by atoms with Crippen LogP contribution in [-0.2, 0) is 27.3 Å². The van der Waals surface area contributed by atoms with Crippen LogP contribution in [0.2, 0.25) is 0 Å². The van der Waals surface area contributed by atoms with Crippen LogP contribution in [0, 0.1) is 6.92 Å². The van der Waals surface area contributed by atoms with Crippen LogP contribution in [0.15, 0.2) is 97.1 Å². The van der Waals surface area contributed by atoms with E-state index in [0.717, 1.165) is 44.7 Å². The number of fused-ring (bicyclic) bond motifs is 3. The molecule has 1 aliphatic carbocycles. The first-order valence-electron chi connectivity index (χ1n) is 13.0. The number of methoxy groups -OCH3 is 1. The summed E-state index contributed by atoms with van der Waals surface area (Å²) in [4.78, 5) is 25.4. The third-order valence-electron chi connectivity index (χ3n) is 7.11. The number of carbonyl (C=O) groups is 2. The second-order valence-corrected chi connectivity index (χ2v) is 9.61. The molecule has 0 fully saturated rings. The molecule has 1 N–H and O–H groups in total. The molecule has 0 aliphatic heterocycles. The number of rotatable bonds is 9. The molecule has 0 unspecified atom stereocenters. The van der Waals surface area contributed by atoms with E-state index in [9.17, 15) is 9.59 Å². The van der Waals surface area contributed by atoms with Crippen LogP contribution in [0.4, 0.5) is 4.79 Å². The Labute approximate surface area is 228 Å². The Morgan fingerprint density at radius 2 is 1.49 bits per heavy atom. The maximum atomic E-state index is 12.8. The zero-order chi connectivity index (χ0) is 27.2. The number of carbonyl (C=O) groups excluding carboxylic acids is 2. The molecule has 6 heteroatoms. The number of benzene rings is 4. The van der Waals surface area contributed by atoms with E-state index in [0.29, 0.717) is 6.61 Å². The average molecular weight is 522 g/mol. The summed E-state index contributed by atoms with van der Waals surface area (Å²) in [6, 6.07) is 31.1. The van der Waals surface area contributed by atoms with E-state index in [1.165, 1.54) is 7.11 Å². The number of hydrogen-bond acceptors (Lipinski definition) is 5. The zero-order valence-corrected chi connectivity index (χ0v) is 22.1. The molecule has 5 rings (SSSR count). The third kappa shape index (κ3) is 5.96. The highest BCUT2D eigenvalue weighted by Crippen LogP contribution is 2.44. The highest BCUT2D eigenvalue weighted by Gasteiger charge is 2.30. The highest BCUT2D eigenvalue weighted by atomic mass is 16.6. The van der Waals surface area contributed by atoms with Crippen molar-refractivity contribution in [1.82, 2.24) is 5.32 Å². The van der Waals surface area contributed by atoms with Crippen molar-refractivity contribution in [2.45, 2.75) is 31.9 Å². The molecule has 0 spiro atoms. The molecule has 1 amide bonds. The van der Waals surface area contributed by atoms with E-state index in [2.05, 4.69) is 29.6 Å². The number of hydrogen-bond donors (Lipinski definition) is 1. The van der Waals surface area contributed by atoms with E-state index in [-0.39, 0.29) is 18.9 Å². The molecular formula is C33H31NO5. The molecular weight excluding hydrogens is 490 g/mol. The van der Waals surface area contributed by atoms with Gasteiger partial charge in [-0.2, -0.15) is 0 Å². The van der Waals surface area contributed by atoms with E-state index >= 15 is 0 Å². The van der Waals surface area contributed by atoms with Gasteiger partial charge in [0.1, 0.15) is 25.0 Å². The van der Waals surface area contributed by atoms with Gasteiger partial charge in [0.05, 0.1) is 7.11 Å². The van der Waals surface area contributed by atoms with Gasteiger partial charge in [0.25, 0.3) is 0 Å². The van der Waals surface area contributed by atoms with Gasteiger partial charge in [0.2, 0.25) is 0 Å². The fraction of sp³-hybridized carbons (Fsp3) is 0.212. The van der Waals surface area contributed by atoms with Crippen LogP contribution in [0.1, 0.15) is 33.7 Å². The van der Waals surface area contributed by atoms with Gasteiger partial charge in [-0.25, -0.2) is 9.59 Å². The first kappa shape index (κ1) is 26.0. The summed E-state index contributed by atoms with van der Waals surface area (Å²) in [5.41, 5.74) is 7.49. The summed E-state index contributed by atoms with van der Waals surface area (Å²) in [7, 11) is 1.31. The van der Waals surface area contributed by atoms with Crippen molar-refractivity contribution in [3.63, 3.8) is 0 Å². The molecule has 4 aromatic rings. The van der Waals surface area contributed by atoms with Crippen LogP contribution in [0.25, 0.3) is 11.1 Å². The lowest BCUT2D eigenvalue weighted by Gasteiger charge is -2.19. The largest absolute Gasteiger partial charge is 0.489 e. The number of ether oxygens (including phenoxy) is 3. The summed E-state index contributed by atoms with van der Waals surface area (Å²) in [5, 5.41) is 2.71. The maximum Gasteiger partial charge on any atom is 0.407 e.